The van der Waals surface area contributed by atoms with E-state index < -0.39 is 12.3 Å². The highest BCUT2D eigenvalue weighted by Gasteiger charge is 2.49. The number of aromatic amines is 1. The van der Waals surface area contributed by atoms with Crippen molar-refractivity contribution in [3.05, 3.63) is 122 Å². The van der Waals surface area contributed by atoms with Crippen molar-refractivity contribution in [2.75, 3.05) is 6.54 Å². The largest absolute Gasteiger partial charge is 0.384 e. The third-order valence-corrected chi connectivity index (χ3v) is 9.90. The summed E-state index contributed by atoms with van der Waals surface area (Å²) in [6.07, 6.45) is 0.897. The van der Waals surface area contributed by atoms with Gasteiger partial charge < -0.3 is 15.2 Å². The Balaban J connectivity index is 1.17. The number of nitrogens with zero attached hydrogens (tertiary/aromatic N) is 2. The molecule has 5 aromatic rings. The lowest BCUT2D eigenvalue weighted by Gasteiger charge is -2.30. The number of H-pyrrole nitrogens is 1. The normalized spacial score (nSPS) is 18.0. The Hall–Kier alpha value is -3.33. The van der Waals surface area contributed by atoms with E-state index >= 15 is 0 Å². The summed E-state index contributed by atoms with van der Waals surface area (Å²) >= 11 is 7.88. The molecule has 2 atom stereocenters. The zero-order valence-corrected chi connectivity index (χ0v) is 24.0. The molecule has 1 aliphatic heterocycles. The van der Waals surface area contributed by atoms with Gasteiger partial charge in [0.1, 0.15) is 18.2 Å². The van der Waals surface area contributed by atoms with Gasteiger partial charge in [0.2, 0.25) is 0 Å². The van der Waals surface area contributed by atoms with Crippen LogP contribution >= 0.6 is 22.9 Å². The molecule has 3 heterocycles. The van der Waals surface area contributed by atoms with Crippen molar-refractivity contribution in [3.63, 3.8) is 0 Å². The topological polar surface area (TPSA) is 89.5 Å². The summed E-state index contributed by atoms with van der Waals surface area (Å²) < 4.78 is 1.27. The fourth-order valence-electron chi connectivity index (χ4n) is 6.04. The van der Waals surface area contributed by atoms with Crippen LogP contribution in [0.4, 0.5) is 0 Å². The van der Waals surface area contributed by atoms with Crippen LogP contribution in [0.3, 0.4) is 0 Å². The van der Waals surface area contributed by atoms with Gasteiger partial charge in [-0.3, -0.25) is 9.69 Å². The van der Waals surface area contributed by atoms with Crippen LogP contribution in [0.2, 0.25) is 5.02 Å². The second-order valence-electron chi connectivity index (χ2n) is 11.1. The monoisotopic (exact) mass is 583 g/mol. The van der Waals surface area contributed by atoms with Crippen LogP contribution in [0.15, 0.2) is 83.7 Å². The fraction of sp³-hybridized carbons (Fsp3) is 0.273. The highest BCUT2D eigenvalue weighted by atomic mass is 35.5. The summed E-state index contributed by atoms with van der Waals surface area (Å²) in [5.74, 6) is 0.725. The molecule has 7 rings (SSSR count). The number of aliphatic hydroxyl groups is 2. The lowest BCUT2D eigenvalue weighted by atomic mass is 9.92. The zero-order valence-electron chi connectivity index (χ0n) is 22.4. The maximum Gasteiger partial charge on any atom is 0.255 e. The van der Waals surface area contributed by atoms with Crippen LogP contribution in [0.1, 0.15) is 53.6 Å². The average Bonchev–Trinajstić information content (AvgIpc) is 3.73. The Labute approximate surface area is 246 Å². The molecule has 2 aliphatic rings. The molecule has 3 N–H and O–H groups in total. The molecule has 41 heavy (non-hydrogen) atoms. The molecule has 208 valence electrons. The predicted molar refractivity (Wildman–Crippen MR) is 163 cm³/mol. The van der Waals surface area contributed by atoms with Gasteiger partial charge >= 0.3 is 0 Å². The first-order valence-corrected chi connectivity index (χ1v) is 15.2. The number of aromatic nitrogens is 2. The maximum atomic E-state index is 13.5. The molecule has 6 nitrogen and oxygen atoms in total. The molecular weight excluding hydrogens is 554 g/mol. The maximum absolute atomic E-state index is 13.5. The minimum Gasteiger partial charge on any atom is -0.384 e. The number of hydrogen-bond donors (Lipinski definition) is 3. The highest BCUT2D eigenvalue weighted by molar-refractivity contribution is 7.22. The van der Waals surface area contributed by atoms with E-state index in [0.717, 1.165) is 30.8 Å². The van der Waals surface area contributed by atoms with Crippen molar-refractivity contribution in [2.45, 2.75) is 50.0 Å². The van der Waals surface area contributed by atoms with E-state index in [1.165, 1.54) is 26.1 Å². The van der Waals surface area contributed by atoms with Crippen molar-refractivity contribution in [3.8, 4) is 10.4 Å². The van der Waals surface area contributed by atoms with Crippen molar-refractivity contribution >= 4 is 33.0 Å². The van der Waals surface area contributed by atoms with Gasteiger partial charge in [0.05, 0.1) is 16.7 Å². The van der Waals surface area contributed by atoms with Crippen molar-refractivity contribution in [2.24, 2.45) is 0 Å². The summed E-state index contributed by atoms with van der Waals surface area (Å²) in [6, 6.07) is 26.2. The number of hydrogen-bond acceptors (Lipinski definition) is 6. The minimum atomic E-state index is -1.18. The Morgan fingerprint density at radius 3 is 2.63 bits per heavy atom. The van der Waals surface area contributed by atoms with Crippen LogP contribution in [-0.2, 0) is 18.4 Å². The molecular formula is C33H30ClN3O3S. The van der Waals surface area contributed by atoms with Crippen molar-refractivity contribution < 1.29 is 10.2 Å². The van der Waals surface area contributed by atoms with Crippen LogP contribution in [-0.4, -0.2) is 37.9 Å². The first-order chi connectivity index (χ1) is 19.9. The molecule has 1 aliphatic carbocycles. The summed E-state index contributed by atoms with van der Waals surface area (Å²) in [5, 5.41) is 23.6. The van der Waals surface area contributed by atoms with Gasteiger partial charge in [0.15, 0.2) is 0 Å². The smallest absolute Gasteiger partial charge is 0.255 e. The molecule has 1 saturated carbocycles. The van der Waals surface area contributed by atoms with E-state index in [2.05, 4.69) is 59.6 Å². The lowest BCUT2D eigenvalue weighted by molar-refractivity contribution is -0.0887. The number of nitrogens with one attached hydrogen (secondary N) is 1. The van der Waals surface area contributed by atoms with Crippen LogP contribution < -0.4 is 5.56 Å². The number of rotatable bonds is 6. The standard InChI is InChI=1S/C33H30ClN3O3S/c34-24-10-4-8-22(17-24)29(38)31(40)37-15-5-11-26-25(19-37)30(39)36-32(35-26)33(13-14-33)23-9-3-7-20(16-23)28-18-21-6-1-2-12-27(21)41-28/h1-4,6-10,12,16-18,29,31,38,40H,5,11,13-15,19H2,(H,35,36,39)/t29-,31?/m1/s1. The van der Waals surface area contributed by atoms with Gasteiger partial charge in [-0.25, -0.2) is 4.98 Å². The summed E-state index contributed by atoms with van der Waals surface area (Å²) in [4.78, 5) is 24.6. The van der Waals surface area contributed by atoms with E-state index in [0.29, 0.717) is 29.1 Å². The molecule has 0 saturated heterocycles. The fourth-order valence-corrected chi connectivity index (χ4v) is 7.30. The molecule has 0 spiro atoms. The van der Waals surface area contributed by atoms with Crippen molar-refractivity contribution in [1.29, 1.82) is 0 Å². The van der Waals surface area contributed by atoms with Gasteiger partial charge in [0.25, 0.3) is 5.56 Å². The van der Waals surface area contributed by atoms with Gasteiger partial charge in [-0.2, -0.15) is 0 Å². The van der Waals surface area contributed by atoms with E-state index in [1.54, 1.807) is 40.5 Å². The quantitative estimate of drug-likeness (QED) is 0.222. The predicted octanol–water partition coefficient (Wildman–Crippen LogP) is 6.19. The highest BCUT2D eigenvalue weighted by Crippen LogP contribution is 2.53. The van der Waals surface area contributed by atoms with Gasteiger partial charge in [0, 0.05) is 27.7 Å². The SMILES string of the molecule is O=c1[nH]c(C2(c3cccc(-c4cc5ccccc5s4)c3)CC2)nc2c1CN(C(O)[C@H](O)c1cccc(Cl)c1)CCC2. The third-order valence-electron chi connectivity index (χ3n) is 8.50. The lowest BCUT2D eigenvalue weighted by Crippen LogP contribution is -2.40. The first kappa shape index (κ1) is 26.6. The number of fused-ring (bicyclic) bond motifs is 2. The number of thiophene rings is 1. The average molecular weight is 584 g/mol. The Morgan fingerprint density at radius 2 is 1.83 bits per heavy atom. The summed E-state index contributed by atoms with van der Waals surface area (Å²) in [5.41, 5.74) is 3.75. The Kier molecular flexibility index (Phi) is 6.80. The number of aryl methyl sites for hydroxylation is 1. The van der Waals surface area contributed by atoms with E-state index in [9.17, 15) is 15.0 Å². The van der Waals surface area contributed by atoms with Crippen LogP contribution in [0.25, 0.3) is 20.5 Å². The van der Waals surface area contributed by atoms with E-state index in [1.807, 2.05) is 0 Å². The molecule has 2 aromatic heterocycles. The molecule has 0 radical (unpaired) electrons. The van der Waals surface area contributed by atoms with Crippen LogP contribution in [0, 0.1) is 0 Å². The number of aliphatic hydroxyl groups excluding tert-OH is 2. The Morgan fingerprint density at radius 1 is 1.00 bits per heavy atom. The van der Waals surface area contributed by atoms with Crippen LogP contribution in [0.5, 0.6) is 0 Å². The summed E-state index contributed by atoms with van der Waals surface area (Å²) in [6.45, 7) is 0.747. The van der Waals surface area contributed by atoms with E-state index in [4.69, 9.17) is 16.6 Å². The molecule has 1 fully saturated rings. The summed E-state index contributed by atoms with van der Waals surface area (Å²) in [7, 11) is 0. The second kappa shape index (κ2) is 10.5. The molecule has 0 bridgehead atoms. The molecule has 0 amide bonds. The second-order valence-corrected chi connectivity index (χ2v) is 12.7. The van der Waals surface area contributed by atoms with Gasteiger partial charge in [-0.15, -0.1) is 11.3 Å². The minimum absolute atomic E-state index is 0.173. The molecule has 1 unspecified atom stereocenters. The molecule has 3 aromatic carbocycles. The van der Waals surface area contributed by atoms with E-state index in [-0.39, 0.29) is 17.5 Å². The number of benzene rings is 3. The van der Waals surface area contributed by atoms with Gasteiger partial charge in [-0.05, 0) is 78.1 Å². The first-order valence-electron chi connectivity index (χ1n) is 14.0. The third kappa shape index (κ3) is 4.92. The number of halogens is 1. The Bertz CT molecular complexity index is 1780. The molecule has 8 heteroatoms. The van der Waals surface area contributed by atoms with Gasteiger partial charge in [-0.1, -0.05) is 60.1 Å². The zero-order chi connectivity index (χ0) is 28.1. The van der Waals surface area contributed by atoms with Crippen molar-refractivity contribution in [1.82, 2.24) is 14.9 Å².